The minimum Gasteiger partial charge on any atom is -0.488 e. The first-order chi connectivity index (χ1) is 14.4. The summed E-state index contributed by atoms with van der Waals surface area (Å²) < 4.78 is 5.89. The number of ether oxygens (including phenoxy) is 1. The number of hydrogen-bond acceptors (Lipinski definition) is 3. The number of halogens is 2. The van der Waals surface area contributed by atoms with Crippen LogP contribution < -0.4 is 10.1 Å². The number of carbonyl (C=O) groups excluding carboxylic acids is 1. The zero-order valence-corrected chi connectivity index (χ0v) is 17.7. The van der Waals surface area contributed by atoms with Crippen molar-refractivity contribution in [3.63, 3.8) is 0 Å². The minimum absolute atomic E-state index is 0.0609. The smallest absolute Gasteiger partial charge is 0.266 e. The van der Waals surface area contributed by atoms with Crippen LogP contribution in [0.2, 0.25) is 10.0 Å². The van der Waals surface area contributed by atoms with E-state index in [1.54, 1.807) is 42.5 Å². The predicted molar refractivity (Wildman–Crippen MR) is 121 cm³/mol. The Morgan fingerprint density at radius 2 is 1.70 bits per heavy atom. The third kappa shape index (κ3) is 5.87. The van der Waals surface area contributed by atoms with Gasteiger partial charge in [0.15, 0.2) is 0 Å². The number of rotatable bonds is 6. The van der Waals surface area contributed by atoms with Gasteiger partial charge in [-0.2, -0.15) is 5.26 Å². The van der Waals surface area contributed by atoms with Crippen molar-refractivity contribution < 1.29 is 9.53 Å². The first-order valence-corrected chi connectivity index (χ1v) is 9.87. The highest BCUT2D eigenvalue weighted by molar-refractivity contribution is 6.31. The highest BCUT2D eigenvalue weighted by Gasteiger charge is 2.12. The average Bonchev–Trinajstić information content (AvgIpc) is 2.74. The number of aryl methyl sites for hydroxylation is 1. The summed E-state index contributed by atoms with van der Waals surface area (Å²) in [4.78, 5) is 12.6. The standard InChI is InChI=1S/C24H18Cl2N2O2/c1-16-2-9-22(10-3-16)28-24(29)19(14-27)12-18-13-21(26)8-11-23(18)30-15-17-4-6-20(25)7-5-17/h2-13H,15H2,1H3,(H,28,29)/b19-12+. The van der Waals surface area contributed by atoms with E-state index in [1.807, 2.05) is 37.3 Å². The van der Waals surface area contributed by atoms with Gasteiger partial charge in [0.25, 0.3) is 5.91 Å². The molecule has 0 aliphatic carbocycles. The van der Waals surface area contributed by atoms with Gasteiger partial charge in [-0.3, -0.25) is 4.79 Å². The van der Waals surface area contributed by atoms with Gasteiger partial charge in [0.05, 0.1) is 0 Å². The molecular formula is C24H18Cl2N2O2. The lowest BCUT2D eigenvalue weighted by Crippen LogP contribution is -2.13. The van der Waals surface area contributed by atoms with Gasteiger partial charge < -0.3 is 10.1 Å². The number of nitrogens with zero attached hydrogens (tertiary/aromatic N) is 1. The fourth-order valence-corrected chi connectivity index (χ4v) is 2.95. The average molecular weight is 437 g/mol. The molecular weight excluding hydrogens is 419 g/mol. The quantitative estimate of drug-likeness (QED) is 0.357. The number of nitriles is 1. The van der Waals surface area contributed by atoms with E-state index < -0.39 is 5.91 Å². The second kappa shape index (κ2) is 9.98. The summed E-state index contributed by atoms with van der Waals surface area (Å²) in [6.45, 7) is 2.26. The Kier molecular flexibility index (Phi) is 7.13. The van der Waals surface area contributed by atoms with E-state index in [-0.39, 0.29) is 5.57 Å². The lowest BCUT2D eigenvalue weighted by Gasteiger charge is -2.11. The molecule has 0 saturated heterocycles. The molecule has 0 unspecified atom stereocenters. The summed E-state index contributed by atoms with van der Waals surface area (Å²) in [6.07, 6.45) is 1.46. The number of nitrogens with one attached hydrogen (secondary N) is 1. The number of anilines is 1. The summed E-state index contributed by atoms with van der Waals surface area (Å²) in [7, 11) is 0. The molecule has 3 rings (SSSR count). The van der Waals surface area contributed by atoms with Gasteiger partial charge in [0, 0.05) is 21.3 Å². The van der Waals surface area contributed by atoms with Crippen molar-refractivity contribution in [3.8, 4) is 11.8 Å². The Bertz CT molecular complexity index is 1120. The van der Waals surface area contributed by atoms with Crippen LogP contribution in [0.3, 0.4) is 0 Å². The van der Waals surface area contributed by atoms with E-state index in [0.29, 0.717) is 33.7 Å². The normalized spacial score (nSPS) is 10.9. The van der Waals surface area contributed by atoms with Gasteiger partial charge in [0.1, 0.15) is 24.0 Å². The van der Waals surface area contributed by atoms with E-state index in [4.69, 9.17) is 27.9 Å². The SMILES string of the molecule is Cc1ccc(NC(=O)/C(C#N)=C/c2cc(Cl)ccc2OCc2ccc(Cl)cc2)cc1. The van der Waals surface area contributed by atoms with Gasteiger partial charge >= 0.3 is 0 Å². The van der Waals surface area contributed by atoms with Gasteiger partial charge in [-0.1, -0.05) is 53.0 Å². The van der Waals surface area contributed by atoms with Crippen molar-refractivity contribution in [2.75, 3.05) is 5.32 Å². The Hall–Kier alpha value is -3.26. The van der Waals surface area contributed by atoms with Crippen molar-refractivity contribution in [1.29, 1.82) is 5.26 Å². The molecule has 1 N–H and O–H groups in total. The molecule has 0 fully saturated rings. The number of carbonyl (C=O) groups is 1. The molecule has 0 aromatic heterocycles. The first-order valence-electron chi connectivity index (χ1n) is 9.11. The molecule has 0 atom stereocenters. The van der Waals surface area contributed by atoms with E-state index in [2.05, 4.69) is 5.32 Å². The summed E-state index contributed by atoms with van der Waals surface area (Å²) in [5, 5.41) is 13.3. The maximum Gasteiger partial charge on any atom is 0.266 e. The fraction of sp³-hybridized carbons (Fsp3) is 0.0833. The molecule has 30 heavy (non-hydrogen) atoms. The van der Waals surface area contributed by atoms with E-state index in [1.165, 1.54) is 6.08 Å². The van der Waals surface area contributed by atoms with Crippen LogP contribution in [0.1, 0.15) is 16.7 Å². The molecule has 0 aliphatic rings. The van der Waals surface area contributed by atoms with Gasteiger partial charge in [-0.15, -0.1) is 0 Å². The first kappa shape index (κ1) is 21.4. The molecule has 3 aromatic rings. The van der Waals surface area contributed by atoms with Gasteiger partial charge in [-0.25, -0.2) is 0 Å². The molecule has 0 heterocycles. The summed E-state index contributed by atoms with van der Waals surface area (Å²) in [5.41, 5.74) is 3.09. The van der Waals surface area contributed by atoms with Crippen LogP contribution in [-0.2, 0) is 11.4 Å². The van der Waals surface area contributed by atoms with Crippen LogP contribution in [0.5, 0.6) is 5.75 Å². The number of benzene rings is 3. The second-order valence-electron chi connectivity index (χ2n) is 6.59. The predicted octanol–water partition coefficient (Wildman–Crippen LogP) is 6.43. The largest absolute Gasteiger partial charge is 0.488 e. The highest BCUT2D eigenvalue weighted by Crippen LogP contribution is 2.27. The zero-order chi connectivity index (χ0) is 21.5. The second-order valence-corrected chi connectivity index (χ2v) is 7.46. The molecule has 150 valence electrons. The van der Waals surface area contributed by atoms with Crippen LogP contribution in [0.4, 0.5) is 5.69 Å². The zero-order valence-electron chi connectivity index (χ0n) is 16.2. The summed E-state index contributed by atoms with van der Waals surface area (Å²) >= 11 is 12.0. The van der Waals surface area contributed by atoms with Crippen LogP contribution in [0.25, 0.3) is 6.08 Å². The van der Waals surface area contributed by atoms with Crippen LogP contribution >= 0.6 is 23.2 Å². The molecule has 0 saturated carbocycles. The van der Waals surface area contributed by atoms with E-state index in [0.717, 1.165) is 11.1 Å². The molecule has 0 aliphatic heterocycles. The molecule has 0 radical (unpaired) electrons. The van der Waals surface area contributed by atoms with E-state index in [9.17, 15) is 10.1 Å². The summed E-state index contributed by atoms with van der Waals surface area (Å²) in [6, 6.07) is 21.6. The third-order valence-corrected chi connectivity index (χ3v) is 4.74. The van der Waals surface area contributed by atoms with Crippen LogP contribution in [0, 0.1) is 18.3 Å². The van der Waals surface area contributed by atoms with Crippen molar-refractivity contribution >= 4 is 40.9 Å². The molecule has 3 aromatic carbocycles. The molecule has 0 spiro atoms. The van der Waals surface area contributed by atoms with Crippen molar-refractivity contribution in [2.45, 2.75) is 13.5 Å². The lowest BCUT2D eigenvalue weighted by atomic mass is 10.1. The van der Waals surface area contributed by atoms with Crippen molar-refractivity contribution in [2.24, 2.45) is 0 Å². The Morgan fingerprint density at radius 1 is 1.03 bits per heavy atom. The van der Waals surface area contributed by atoms with Crippen molar-refractivity contribution in [3.05, 3.63) is 99.0 Å². The molecule has 1 amide bonds. The molecule has 6 heteroatoms. The highest BCUT2D eigenvalue weighted by atomic mass is 35.5. The fourth-order valence-electron chi connectivity index (χ4n) is 2.64. The topological polar surface area (TPSA) is 62.1 Å². The maximum absolute atomic E-state index is 12.6. The molecule has 0 bridgehead atoms. The Balaban J connectivity index is 1.81. The third-order valence-electron chi connectivity index (χ3n) is 4.25. The van der Waals surface area contributed by atoms with Crippen molar-refractivity contribution in [1.82, 2.24) is 0 Å². The monoisotopic (exact) mass is 436 g/mol. The van der Waals surface area contributed by atoms with Crippen LogP contribution in [-0.4, -0.2) is 5.91 Å². The lowest BCUT2D eigenvalue weighted by molar-refractivity contribution is -0.112. The Labute approximate surface area is 185 Å². The number of hydrogen-bond donors (Lipinski definition) is 1. The summed E-state index contributed by atoms with van der Waals surface area (Å²) in [5.74, 6) is -0.00443. The van der Waals surface area contributed by atoms with Crippen LogP contribution in [0.15, 0.2) is 72.3 Å². The van der Waals surface area contributed by atoms with Gasteiger partial charge in [-0.05, 0) is 61.0 Å². The van der Waals surface area contributed by atoms with Gasteiger partial charge in [0.2, 0.25) is 0 Å². The molecule has 4 nitrogen and oxygen atoms in total. The minimum atomic E-state index is -0.509. The maximum atomic E-state index is 12.6. The Morgan fingerprint density at radius 3 is 2.37 bits per heavy atom. The number of amides is 1. The van der Waals surface area contributed by atoms with E-state index >= 15 is 0 Å².